The Kier molecular flexibility index (Phi) is 5.44. The molecule has 0 saturated carbocycles. The number of hydrogen-bond donors (Lipinski definition) is 3. The first-order chi connectivity index (χ1) is 8.95. The second-order valence-corrected chi connectivity index (χ2v) is 4.21. The zero-order chi connectivity index (χ0) is 14.4. The first-order valence-corrected chi connectivity index (χ1v) is 5.92. The number of urea groups is 1. The molecule has 7 heteroatoms. The SMILES string of the molecule is COc1cccc(Cl)c1CNC(=O)N[C@H](C)C(=O)O. The van der Waals surface area contributed by atoms with E-state index in [-0.39, 0.29) is 6.54 Å². The summed E-state index contributed by atoms with van der Waals surface area (Å²) in [4.78, 5) is 22.1. The van der Waals surface area contributed by atoms with Crippen molar-refractivity contribution in [2.24, 2.45) is 0 Å². The lowest BCUT2D eigenvalue weighted by Crippen LogP contribution is -2.44. The summed E-state index contributed by atoms with van der Waals surface area (Å²) in [6, 6.07) is 3.58. The summed E-state index contributed by atoms with van der Waals surface area (Å²) in [6.07, 6.45) is 0. The van der Waals surface area contributed by atoms with E-state index < -0.39 is 18.0 Å². The number of amides is 2. The molecule has 0 aliphatic carbocycles. The number of carbonyl (C=O) groups is 2. The van der Waals surface area contributed by atoms with E-state index in [1.54, 1.807) is 18.2 Å². The number of hydrogen-bond acceptors (Lipinski definition) is 3. The first kappa shape index (κ1) is 15.1. The molecule has 3 N–H and O–H groups in total. The standard InChI is InChI=1S/C12H15ClN2O4/c1-7(11(16)17)15-12(18)14-6-8-9(13)4-3-5-10(8)19-2/h3-5,7H,6H2,1-2H3,(H,16,17)(H2,14,15,18)/t7-/m1/s1. The van der Waals surface area contributed by atoms with Gasteiger partial charge in [0.1, 0.15) is 11.8 Å². The smallest absolute Gasteiger partial charge is 0.325 e. The highest BCUT2D eigenvalue weighted by molar-refractivity contribution is 6.31. The molecule has 0 aromatic heterocycles. The summed E-state index contributed by atoms with van der Waals surface area (Å²) in [5, 5.41) is 13.9. The lowest BCUT2D eigenvalue weighted by atomic mass is 10.2. The maximum atomic E-state index is 11.5. The Labute approximate surface area is 115 Å². The third kappa shape index (κ3) is 4.33. The van der Waals surface area contributed by atoms with Crippen LogP contribution in [0.2, 0.25) is 5.02 Å². The van der Waals surface area contributed by atoms with E-state index in [4.69, 9.17) is 21.4 Å². The van der Waals surface area contributed by atoms with Crippen LogP contribution in [-0.2, 0) is 11.3 Å². The van der Waals surface area contributed by atoms with Crippen LogP contribution in [-0.4, -0.2) is 30.3 Å². The lowest BCUT2D eigenvalue weighted by Gasteiger charge is -2.13. The number of halogens is 1. The van der Waals surface area contributed by atoms with Crippen molar-refractivity contribution in [2.45, 2.75) is 19.5 Å². The van der Waals surface area contributed by atoms with Gasteiger partial charge in [0, 0.05) is 17.1 Å². The molecule has 6 nitrogen and oxygen atoms in total. The molecule has 0 bridgehead atoms. The third-order valence-corrected chi connectivity index (χ3v) is 2.79. The molecular weight excluding hydrogens is 272 g/mol. The van der Waals surface area contributed by atoms with Gasteiger partial charge >= 0.3 is 12.0 Å². The molecule has 0 saturated heterocycles. The minimum Gasteiger partial charge on any atom is -0.496 e. The summed E-state index contributed by atoms with van der Waals surface area (Å²) < 4.78 is 5.13. The molecule has 1 aromatic carbocycles. The molecule has 0 aliphatic rings. The zero-order valence-corrected chi connectivity index (χ0v) is 11.3. The molecule has 0 fully saturated rings. The second-order valence-electron chi connectivity index (χ2n) is 3.81. The van der Waals surface area contributed by atoms with Gasteiger partial charge in [-0.1, -0.05) is 17.7 Å². The Hall–Kier alpha value is -1.95. The van der Waals surface area contributed by atoms with Crippen molar-refractivity contribution in [2.75, 3.05) is 7.11 Å². The first-order valence-electron chi connectivity index (χ1n) is 5.54. The van der Waals surface area contributed by atoms with Crippen molar-refractivity contribution >= 4 is 23.6 Å². The van der Waals surface area contributed by atoms with Crippen LogP contribution in [0.1, 0.15) is 12.5 Å². The van der Waals surface area contributed by atoms with Crippen LogP contribution >= 0.6 is 11.6 Å². The molecule has 2 amide bonds. The zero-order valence-electron chi connectivity index (χ0n) is 10.6. The van der Waals surface area contributed by atoms with Crippen LogP contribution in [0.3, 0.4) is 0 Å². The van der Waals surface area contributed by atoms with E-state index in [0.29, 0.717) is 16.3 Å². The molecule has 1 aromatic rings. The molecule has 0 heterocycles. The number of carbonyl (C=O) groups excluding carboxylic acids is 1. The van der Waals surface area contributed by atoms with E-state index in [9.17, 15) is 9.59 Å². The van der Waals surface area contributed by atoms with Gasteiger partial charge in [0.05, 0.1) is 7.11 Å². The van der Waals surface area contributed by atoms with Crippen LogP contribution in [0.5, 0.6) is 5.75 Å². The number of carboxylic acids is 1. The number of rotatable bonds is 5. The van der Waals surface area contributed by atoms with Gasteiger partial charge in [-0.3, -0.25) is 4.79 Å². The largest absolute Gasteiger partial charge is 0.496 e. The van der Waals surface area contributed by atoms with Crippen LogP contribution in [0.25, 0.3) is 0 Å². The normalized spacial score (nSPS) is 11.5. The summed E-state index contributed by atoms with van der Waals surface area (Å²) in [6.45, 7) is 1.51. The predicted molar refractivity (Wildman–Crippen MR) is 70.5 cm³/mol. The van der Waals surface area contributed by atoms with Gasteiger partial charge in [0.2, 0.25) is 0 Å². The van der Waals surface area contributed by atoms with Crippen LogP contribution in [0, 0.1) is 0 Å². The molecule has 104 valence electrons. The lowest BCUT2D eigenvalue weighted by molar-refractivity contribution is -0.138. The fourth-order valence-corrected chi connectivity index (χ4v) is 1.61. The van der Waals surface area contributed by atoms with Crippen LogP contribution in [0.15, 0.2) is 18.2 Å². The second kappa shape index (κ2) is 6.84. The van der Waals surface area contributed by atoms with Gasteiger partial charge in [0.15, 0.2) is 0 Å². The van der Waals surface area contributed by atoms with E-state index in [0.717, 1.165) is 0 Å². The Bertz CT molecular complexity index is 479. The van der Waals surface area contributed by atoms with Gasteiger partial charge in [0.25, 0.3) is 0 Å². The summed E-state index contributed by atoms with van der Waals surface area (Å²) in [5.41, 5.74) is 0.629. The molecule has 0 unspecified atom stereocenters. The summed E-state index contributed by atoms with van der Waals surface area (Å²) in [7, 11) is 1.50. The predicted octanol–water partition coefficient (Wildman–Crippen LogP) is 1.62. The molecular formula is C12H15ClN2O4. The molecule has 0 spiro atoms. The van der Waals surface area contributed by atoms with Gasteiger partial charge in [-0.25, -0.2) is 4.79 Å². The van der Waals surface area contributed by atoms with Gasteiger partial charge in [-0.2, -0.15) is 0 Å². The minimum atomic E-state index is -1.11. The van der Waals surface area contributed by atoms with Gasteiger partial charge in [-0.15, -0.1) is 0 Å². The summed E-state index contributed by atoms with van der Waals surface area (Å²) >= 11 is 6.00. The molecule has 0 radical (unpaired) electrons. The molecule has 1 atom stereocenters. The quantitative estimate of drug-likeness (QED) is 0.767. The number of nitrogens with one attached hydrogen (secondary N) is 2. The highest BCUT2D eigenvalue weighted by atomic mass is 35.5. The van der Waals surface area contributed by atoms with E-state index in [1.807, 2.05) is 0 Å². The third-order valence-electron chi connectivity index (χ3n) is 2.44. The molecule has 1 rings (SSSR count). The van der Waals surface area contributed by atoms with Gasteiger partial charge < -0.3 is 20.5 Å². The monoisotopic (exact) mass is 286 g/mol. The van der Waals surface area contributed by atoms with E-state index >= 15 is 0 Å². The van der Waals surface area contributed by atoms with Crippen molar-refractivity contribution in [3.8, 4) is 5.75 Å². The van der Waals surface area contributed by atoms with Crippen molar-refractivity contribution in [1.29, 1.82) is 0 Å². The number of aliphatic carboxylic acids is 1. The van der Waals surface area contributed by atoms with Gasteiger partial charge in [-0.05, 0) is 19.1 Å². The highest BCUT2D eigenvalue weighted by Gasteiger charge is 2.14. The maximum Gasteiger partial charge on any atom is 0.325 e. The van der Waals surface area contributed by atoms with E-state index in [2.05, 4.69) is 10.6 Å². The minimum absolute atomic E-state index is 0.140. The molecule has 19 heavy (non-hydrogen) atoms. The van der Waals surface area contributed by atoms with Crippen molar-refractivity contribution in [1.82, 2.24) is 10.6 Å². The van der Waals surface area contributed by atoms with Crippen LogP contribution in [0.4, 0.5) is 4.79 Å². The summed E-state index contributed by atoms with van der Waals surface area (Å²) in [5.74, 6) is -0.551. The number of methoxy groups -OCH3 is 1. The average Bonchev–Trinajstić information content (AvgIpc) is 2.36. The number of carboxylic acid groups (broad SMARTS) is 1. The fourth-order valence-electron chi connectivity index (χ4n) is 1.38. The Morgan fingerprint density at radius 2 is 2.16 bits per heavy atom. The number of ether oxygens (including phenoxy) is 1. The topological polar surface area (TPSA) is 87.7 Å². The Morgan fingerprint density at radius 3 is 2.74 bits per heavy atom. The van der Waals surface area contributed by atoms with E-state index in [1.165, 1.54) is 14.0 Å². The fraction of sp³-hybridized carbons (Fsp3) is 0.333. The average molecular weight is 287 g/mol. The van der Waals surface area contributed by atoms with Crippen molar-refractivity contribution in [3.05, 3.63) is 28.8 Å². The highest BCUT2D eigenvalue weighted by Crippen LogP contribution is 2.25. The Balaban J connectivity index is 2.62. The Morgan fingerprint density at radius 1 is 1.47 bits per heavy atom. The van der Waals surface area contributed by atoms with Crippen LogP contribution < -0.4 is 15.4 Å². The maximum absolute atomic E-state index is 11.5. The molecule has 0 aliphatic heterocycles. The number of benzene rings is 1. The van der Waals surface area contributed by atoms with Crippen molar-refractivity contribution in [3.63, 3.8) is 0 Å². The van der Waals surface area contributed by atoms with Crippen molar-refractivity contribution < 1.29 is 19.4 Å².